The Balaban J connectivity index is 2.40. The van der Waals surface area contributed by atoms with Crippen LogP contribution >= 0.6 is 0 Å². The molecule has 0 atom stereocenters. The van der Waals surface area contributed by atoms with E-state index in [-0.39, 0.29) is 18.2 Å². The van der Waals surface area contributed by atoms with Crippen LogP contribution in [0.15, 0.2) is 24.3 Å². The van der Waals surface area contributed by atoms with E-state index >= 15 is 0 Å². The van der Waals surface area contributed by atoms with Gasteiger partial charge in [0.2, 0.25) is 5.91 Å². The predicted molar refractivity (Wildman–Crippen MR) is 77.4 cm³/mol. The number of rotatable bonds is 7. The molecule has 0 aliphatic rings. The molecular formula is C15H22N2O2. The van der Waals surface area contributed by atoms with Crippen LogP contribution in [0.5, 0.6) is 0 Å². The lowest BCUT2D eigenvalue weighted by atomic mass is 10.1. The zero-order valence-electron chi connectivity index (χ0n) is 11.8. The van der Waals surface area contributed by atoms with Gasteiger partial charge >= 0.3 is 0 Å². The zero-order valence-corrected chi connectivity index (χ0v) is 11.8. The van der Waals surface area contributed by atoms with Crippen molar-refractivity contribution in [2.75, 3.05) is 18.4 Å². The number of carbonyl (C=O) groups is 2. The van der Waals surface area contributed by atoms with Crippen molar-refractivity contribution < 1.29 is 9.59 Å². The van der Waals surface area contributed by atoms with E-state index in [0.29, 0.717) is 17.2 Å². The summed E-state index contributed by atoms with van der Waals surface area (Å²) in [5.74, 6) is 0.526. The van der Waals surface area contributed by atoms with Crippen LogP contribution < -0.4 is 10.6 Å². The molecule has 1 aromatic carbocycles. The second-order valence-corrected chi connectivity index (χ2v) is 5.04. The Morgan fingerprint density at radius 3 is 2.63 bits per heavy atom. The highest BCUT2D eigenvalue weighted by atomic mass is 16.2. The van der Waals surface area contributed by atoms with Gasteiger partial charge in [-0.05, 0) is 37.9 Å². The summed E-state index contributed by atoms with van der Waals surface area (Å²) in [5, 5.41) is 5.87. The summed E-state index contributed by atoms with van der Waals surface area (Å²) in [5.41, 5.74) is 1.26. The van der Waals surface area contributed by atoms with E-state index in [0.717, 1.165) is 13.0 Å². The highest BCUT2D eigenvalue weighted by molar-refractivity contribution is 5.97. The fourth-order valence-corrected chi connectivity index (χ4v) is 1.61. The van der Waals surface area contributed by atoms with Crippen molar-refractivity contribution in [3.8, 4) is 0 Å². The number of ketones is 1. The average molecular weight is 262 g/mol. The summed E-state index contributed by atoms with van der Waals surface area (Å²) in [6, 6.07) is 6.96. The maximum absolute atomic E-state index is 11.7. The third kappa shape index (κ3) is 6.15. The van der Waals surface area contributed by atoms with Crippen molar-refractivity contribution in [1.29, 1.82) is 0 Å². The summed E-state index contributed by atoms with van der Waals surface area (Å²) >= 11 is 0. The molecule has 2 N–H and O–H groups in total. The van der Waals surface area contributed by atoms with Crippen LogP contribution in [0.3, 0.4) is 0 Å². The molecule has 1 rings (SSSR count). The molecule has 0 radical (unpaired) electrons. The molecule has 0 heterocycles. The Morgan fingerprint density at radius 2 is 2.00 bits per heavy atom. The first-order chi connectivity index (χ1) is 8.99. The minimum atomic E-state index is -0.0931. The molecule has 4 nitrogen and oxygen atoms in total. The maximum atomic E-state index is 11.7. The molecule has 0 aliphatic heterocycles. The van der Waals surface area contributed by atoms with E-state index in [9.17, 15) is 9.59 Å². The van der Waals surface area contributed by atoms with Crippen LogP contribution in [0.1, 0.15) is 37.6 Å². The standard InChI is InChI=1S/C15H22N2O2/c1-11(2)7-8-16-10-15(19)17-14-6-4-5-13(9-14)12(3)18/h4-6,9,11,16H,7-8,10H2,1-3H3,(H,17,19). The summed E-state index contributed by atoms with van der Waals surface area (Å²) in [7, 11) is 0. The van der Waals surface area contributed by atoms with Gasteiger partial charge in [0.1, 0.15) is 0 Å². The van der Waals surface area contributed by atoms with E-state index in [1.165, 1.54) is 6.92 Å². The fraction of sp³-hybridized carbons (Fsp3) is 0.467. The van der Waals surface area contributed by atoms with Gasteiger partial charge in [0.15, 0.2) is 5.78 Å². The van der Waals surface area contributed by atoms with Gasteiger partial charge < -0.3 is 10.6 Å². The summed E-state index contributed by atoms with van der Waals surface area (Å²) < 4.78 is 0. The smallest absolute Gasteiger partial charge is 0.238 e. The molecule has 1 amide bonds. The number of Topliss-reactive ketones (excluding diaryl/α,β-unsaturated/α-hetero) is 1. The molecule has 0 saturated carbocycles. The highest BCUT2D eigenvalue weighted by Crippen LogP contribution is 2.10. The highest BCUT2D eigenvalue weighted by Gasteiger charge is 2.04. The van der Waals surface area contributed by atoms with Crippen LogP contribution in [-0.2, 0) is 4.79 Å². The van der Waals surface area contributed by atoms with Crippen molar-refractivity contribution in [1.82, 2.24) is 5.32 Å². The second kappa shape index (κ2) is 7.69. The SMILES string of the molecule is CC(=O)c1cccc(NC(=O)CNCCC(C)C)c1. The summed E-state index contributed by atoms with van der Waals surface area (Å²) in [6.45, 7) is 6.92. The largest absolute Gasteiger partial charge is 0.325 e. The molecule has 1 aromatic rings. The van der Waals surface area contributed by atoms with Crippen molar-refractivity contribution >= 4 is 17.4 Å². The van der Waals surface area contributed by atoms with Gasteiger partial charge in [-0.25, -0.2) is 0 Å². The second-order valence-electron chi connectivity index (χ2n) is 5.04. The molecule has 0 saturated heterocycles. The Hall–Kier alpha value is -1.68. The molecule has 0 bridgehead atoms. The number of hydrogen-bond donors (Lipinski definition) is 2. The van der Waals surface area contributed by atoms with Gasteiger partial charge in [0.25, 0.3) is 0 Å². The predicted octanol–water partition coefficient (Wildman–Crippen LogP) is 2.46. The van der Waals surface area contributed by atoms with Gasteiger partial charge in [-0.1, -0.05) is 26.0 Å². The lowest BCUT2D eigenvalue weighted by Gasteiger charge is -2.08. The molecule has 4 heteroatoms. The normalized spacial score (nSPS) is 10.5. The first kappa shape index (κ1) is 15.4. The fourth-order valence-electron chi connectivity index (χ4n) is 1.61. The monoisotopic (exact) mass is 262 g/mol. The van der Waals surface area contributed by atoms with Gasteiger partial charge in [-0.2, -0.15) is 0 Å². The quantitative estimate of drug-likeness (QED) is 0.586. The first-order valence-electron chi connectivity index (χ1n) is 6.60. The van der Waals surface area contributed by atoms with Crippen molar-refractivity contribution in [2.24, 2.45) is 5.92 Å². The first-order valence-corrected chi connectivity index (χ1v) is 6.60. The molecule has 19 heavy (non-hydrogen) atoms. The van der Waals surface area contributed by atoms with Gasteiger partial charge in [-0.15, -0.1) is 0 Å². The van der Waals surface area contributed by atoms with Crippen molar-refractivity contribution in [3.63, 3.8) is 0 Å². The van der Waals surface area contributed by atoms with Gasteiger partial charge in [0, 0.05) is 11.3 Å². The van der Waals surface area contributed by atoms with E-state index in [1.807, 2.05) is 0 Å². The molecule has 0 fully saturated rings. The Bertz CT molecular complexity index is 442. The number of benzene rings is 1. The number of hydrogen-bond acceptors (Lipinski definition) is 3. The van der Waals surface area contributed by atoms with E-state index in [1.54, 1.807) is 24.3 Å². The lowest BCUT2D eigenvalue weighted by molar-refractivity contribution is -0.115. The molecule has 0 spiro atoms. The summed E-state index contributed by atoms with van der Waals surface area (Å²) in [4.78, 5) is 22.9. The van der Waals surface area contributed by atoms with E-state index in [4.69, 9.17) is 0 Å². The number of anilines is 1. The molecule has 0 aromatic heterocycles. The third-order valence-electron chi connectivity index (χ3n) is 2.74. The molecule has 0 aliphatic carbocycles. The number of carbonyl (C=O) groups excluding carboxylic acids is 2. The van der Waals surface area contributed by atoms with Gasteiger partial charge in [-0.3, -0.25) is 9.59 Å². The van der Waals surface area contributed by atoms with E-state index in [2.05, 4.69) is 24.5 Å². The lowest BCUT2D eigenvalue weighted by Crippen LogP contribution is -2.29. The minimum Gasteiger partial charge on any atom is -0.325 e. The van der Waals surface area contributed by atoms with E-state index < -0.39 is 0 Å². The Morgan fingerprint density at radius 1 is 1.26 bits per heavy atom. The van der Waals surface area contributed by atoms with Crippen LogP contribution in [0, 0.1) is 5.92 Å². The summed E-state index contributed by atoms with van der Waals surface area (Å²) in [6.07, 6.45) is 1.05. The van der Waals surface area contributed by atoms with Crippen molar-refractivity contribution in [3.05, 3.63) is 29.8 Å². The Labute approximate surface area is 114 Å². The van der Waals surface area contributed by atoms with Gasteiger partial charge in [0.05, 0.1) is 6.54 Å². The van der Waals surface area contributed by atoms with Crippen molar-refractivity contribution in [2.45, 2.75) is 27.2 Å². The number of nitrogens with one attached hydrogen (secondary N) is 2. The third-order valence-corrected chi connectivity index (χ3v) is 2.74. The van der Waals surface area contributed by atoms with Crippen LogP contribution in [-0.4, -0.2) is 24.8 Å². The van der Waals surface area contributed by atoms with Crippen LogP contribution in [0.4, 0.5) is 5.69 Å². The maximum Gasteiger partial charge on any atom is 0.238 e. The molecular weight excluding hydrogens is 240 g/mol. The van der Waals surface area contributed by atoms with Crippen LogP contribution in [0.25, 0.3) is 0 Å². The topological polar surface area (TPSA) is 58.2 Å². The average Bonchev–Trinajstić information content (AvgIpc) is 2.34. The molecule has 0 unspecified atom stereocenters. The minimum absolute atomic E-state index is 0.00819. The number of amides is 1. The zero-order chi connectivity index (χ0) is 14.3. The Kier molecular flexibility index (Phi) is 6.22. The van der Waals surface area contributed by atoms with Crippen LogP contribution in [0.2, 0.25) is 0 Å². The molecule has 104 valence electrons.